The zero-order valence-electron chi connectivity index (χ0n) is 33.5. The summed E-state index contributed by atoms with van der Waals surface area (Å²) in [6.07, 6.45) is 5.27. The molecule has 0 bridgehead atoms. The quantitative estimate of drug-likeness (QED) is 0.0839. The molecule has 3 aliphatic heterocycles. The number of fused-ring (bicyclic) bond motifs is 1. The lowest BCUT2D eigenvalue weighted by atomic mass is 9.91. The highest BCUT2D eigenvalue weighted by Gasteiger charge is 2.45. The molecule has 3 aliphatic rings. The number of thiazole rings is 1. The summed E-state index contributed by atoms with van der Waals surface area (Å²) in [5.74, 6) is -0.0259. The molecule has 2 saturated heterocycles. The number of nitrogens with one attached hydrogen (secondary N) is 3. The van der Waals surface area contributed by atoms with Crippen LogP contribution in [0.3, 0.4) is 0 Å². The van der Waals surface area contributed by atoms with Crippen molar-refractivity contribution in [3.05, 3.63) is 58.4 Å². The Morgan fingerprint density at radius 3 is 2.34 bits per heavy atom. The highest BCUT2D eigenvalue weighted by Crippen LogP contribution is 2.33. The van der Waals surface area contributed by atoms with E-state index in [1.165, 1.54) is 11.3 Å². The maximum absolute atomic E-state index is 13.2. The summed E-state index contributed by atoms with van der Waals surface area (Å²) in [7, 11) is 0. The van der Waals surface area contributed by atoms with Crippen LogP contribution in [-0.4, -0.2) is 127 Å². The van der Waals surface area contributed by atoms with Crippen LogP contribution in [0.4, 0.5) is 10.5 Å². The number of rotatable bonds is 20. The van der Waals surface area contributed by atoms with Gasteiger partial charge < -0.3 is 34.2 Å². The molecule has 0 aliphatic carbocycles. The molecule has 0 radical (unpaired) electrons. The number of nitrogens with zero attached hydrogens (tertiary/aromatic N) is 4. The van der Waals surface area contributed by atoms with Crippen molar-refractivity contribution in [3.8, 4) is 0 Å². The number of thioether (sulfide) groups is 1. The van der Waals surface area contributed by atoms with Crippen molar-refractivity contribution in [2.45, 2.75) is 74.3 Å². The van der Waals surface area contributed by atoms with E-state index in [1.54, 1.807) is 47.3 Å². The summed E-state index contributed by atoms with van der Waals surface area (Å²) in [4.78, 5) is 87.3. The van der Waals surface area contributed by atoms with Crippen molar-refractivity contribution in [1.29, 1.82) is 0 Å². The number of ketones is 1. The Morgan fingerprint density at radius 2 is 1.64 bits per heavy atom. The van der Waals surface area contributed by atoms with E-state index in [0.717, 1.165) is 19.9 Å². The van der Waals surface area contributed by atoms with Gasteiger partial charge in [0.15, 0.2) is 0 Å². The number of piperidine rings is 2. The fourth-order valence-electron chi connectivity index (χ4n) is 6.80. The summed E-state index contributed by atoms with van der Waals surface area (Å²) in [6.45, 7) is 10.0. The van der Waals surface area contributed by atoms with Crippen LogP contribution < -0.4 is 16.0 Å². The normalized spacial score (nSPS) is 17.4. The Kier molecular flexibility index (Phi) is 15.3. The number of amides is 6. The zero-order chi connectivity index (χ0) is 41.9. The van der Waals surface area contributed by atoms with Gasteiger partial charge in [-0.25, -0.2) is 14.8 Å². The zero-order valence-corrected chi connectivity index (χ0v) is 35.2. The van der Waals surface area contributed by atoms with E-state index in [9.17, 15) is 28.8 Å². The fraction of sp³-hybridized carbons (Fsp3) is 0.550. The molecule has 0 spiro atoms. The highest BCUT2D eigenvalue weighted by molar-refractivity contribution is 8.00. The van der Waals surface area contributed by atoms with Crippen LogP contribution in [0.15, 0.2) is 39.2 Å². The number of aromatic nitrogens is 2. The number of oxazole rings is 1. The van der Waals surface area contributed by atoms with E-state index in [0.29, 0.717) is 102 Å². The average molecular weight is 854 g/mol. The van der Waals surface area contributed by atoms with E-state index < -0.39 is 29.7 Å². The number of imide groups is 2. The van der Waals surface area contributed by atoms with Gasteiger partial charge in [-0.3, -0.25) is 34.2 Å². The van der Waals surface area contributed by atoms with Crippen LogP contribution in [0.5, 0.6) is 0 Å². The van der Waals surface area contributed by atoms with E-state index in [-0.39, 0.29) is 47.1 Å². The van der Waals surface area contributed by atoms with Gasteiger partial charge in [-0.15, -0.1) is 23.1 Å². The Bertz CT molecular complexity index is 1990. The number of urea groups is 1. The second-order valence-corrected chi connectivity index (χ2v) is 17.7. The monoisotopic (exact) mass is 853 g/mol. The van der Waals surface area contributed by atoms with Crippen molar-refractivity contribution >= 4 is 64.2 Å². The Labute approximate surface area is 350 Å². The molecule has 6 amide bonds. The van der Waals surface area contributed by atoms with Crippen LogP contribution in [0.2, 0.25) is 0 Å². The van der Waals surface area contributed by atoms with Gasteiger partial charge >= 0.3 is 6.03 Å². The molecule has 5 heterocycles. The minimum atomic E-state index is -1.02. The molecule has 59 heavy (non-hydrogen) atoms. The van der Waals surface area contributed by atoms with Gasteiger partial charge in [0.2, 0.25) is 17.7 Å². The molecule has 318 valence electrons. The average Bonchev–Trinajstić information content (AvgIpc) is 3.94. The van der Waals surface area contributed by atoms with Gasteiger partial charge in [-0.2, -0.15) is 0 Å². The first-order chi connectivity index (χ1) is 28.4. The minimum Gasteiger partial charge on any atom is -0.444 e. The molecule has 3 aromatic rings. The second-order valence-electron chi connectivity index (χ2n) is 15.3. The number of anilines is 1. The molecular weight excluding hydrogens is 803 g/mol. The van der Waals surface area contributed by atoms with E-state index in [1.807, 2.05) is 0 Å². The van der Waals surface area contributed by atoms with Crippen LogP contribution >= 0.6 is 23.1 Å². The number of likely N-dealkylation sites (tertiary alicyclic amines) is 1. The van der Waals surface area contributed by atoms with Crippen molar-refractivity contribution in [3.63, 3.8) is 0 Å². The number of carbonyl (C=O) groups excluding carboxylic acids is 6. The van der Waals surface area contributed by atoms with Gasteiger partial charge in [0, 0.05) is 49.6 Å². The summed E-state index contributed by atoms with van der Waals surface area (Å²) in [5, 5.41) is 8.99. The van der Waals surface area contributed by atoms with E-state index >= 15 is 0 Å². The topological polar surface area (TPSA) is 212 Å². The highest BCUT2D eigenvalue weighted by atomic mass is 32.2. The number of ether oxygens (including phenoxy) is 3. The molecule has 17 nitrogen and oxygen atoms in total. The smallest absolute Gasteiger partial charge is 0.317 e. The van der Waals surface area contributed by atoms with Crippen LogP contribution in [0.25, 0.3) is 0 Å². The Balaban J connectivity index is 0.760. The molecule has 3 N–H and O–H groups in total. The lowest BCUT2D eigenvalue weighted by Gasteiger charge is -2.31. The summed E-state index contributed by atoms with van der Waals surface area (Å²) in [6, 6.07) is 3.69. The standard InChI is InChI=1S/C40H51N7O10S2/c1-40(2,3)30-22-43-32(57-30)24-58-34-23-44-33(59-34)21-29(48)25-9-13-46(14-10-25)39(53)42-12-16-55-18-20-56-19-17-54-15-11-41-27-6-4-5-26-35(27)38(52)47(37(26)51)28-7-8-31(49)45-36(28)50/h4-6,22-23,25,28,41H,7-21,24H2,1-3H3,(H,42,53)(H,45,49,50). The molecule has 1 unspecified atom stereocenters. The molecule has 0 saturated carbocycles. The largest absolute Gasteiger partial charge is 0.444 e. The molecule has 1 atom stereocenters. The maximum atomic E-state index is 13.2. The van der Waals surface area contributed by atoms with Gasteiger partial charge in [-0.1, -0.05) is 26.8 Å². The predicted molar refractivity (Wildman–Crippen MR) is 217 cm³/mol. The van der Waals surface area contributed by atoms with Crippen LogP contribution in [0.1, 0.15) is 83.8 Å². The first-order valence-electron chi connectivity index (χ1n) is 19.8. The predicted octanol–water partition coefficient (Wildman–Crippen LogP) is 3.82. The van der Waals surface area contributed by atoms with Gasteiger partial charge in [0.25, 0.3) is 11.8 Å². The lowest BCUT2D eigenvalue weighted by Crippen LogP contribution is -2.54. The third kappa shape index (κ3) is 11.7. The summed E-state index contributed by atoms with van der Waals surface area (Å²) >= 11 is 3.11. The van der Waals surface area contributed by atoms with Crippen molar-refractivity contribution in [2.75, 3.05) is 71.1 Å². The molecule has 2 aromatic heterocycles. The van der Waals surface area contributed by atoms with Crippen molar-refractivity contribution in [2.24, 2.45) is 5.92 Å². The van der Waals surface area contributed by atoms with Crippen LogP contribution in [0, 0.1) is 5.92 Å². The molecule has 6 rings (SSSR count). The number of Topliss-reactive ketones (excluding diaryl/α,β-unsaturated/α-hetero) is 1. The SMILES string of the molecule is CC(C)(C)c1cnc(CSc2cnc(CC(=O)C3CCN(C(=O)NCCOCCOCCOCCNc4cccc5c4C(=O)N(C4CCC(=O)NC4=O)C5=O)CC3)s2)o1. The fourth-order valence-corrected chi connectivity index (χ4v) is 8.69. The lowest BCUT2D eigenvalue weighted by molar-refractivity contribution is -0.136. The van der Waals surface area contributed by atoms with Gasteiger partial charge in [0.05, 0.1) is 79.5 Å². The Hall–Kier alpha value is -4.69. The molecule has 19 heteroatoms. The molecule has 2 fully saturated rings. The van der Waals surface area contributed by atoms with Gasteiger partial charge in [-0.05, 0) is 31.4 Å². The minimum absolute atomic E-state index is 0.0554. The third-order valence-corrected chi connectivity index (χ3v) is 12.2. The van der Waals surface area contributed by atoms with Gasteiger partial charge in [0.1, 0.15) is 22.6 Å². The Morgan fingerprint density at radius 1 is 0.932 bits per heavy atom. The third-order valence-electron chi connectivity index (χ3n) is 10.0. The van der Waals surface area contributed by atoms with Crippen molar-refractivity contribution < 1.29 is 47.4 Å². The van der Waals surface area contributed by atoms with E-state index in [4.69, 9.17) is 18.6 Å². The number of hydrogen-bond donors (Lipinski definition) is 3. The molecule has 1 aromatic carbocycles. The molecular formula is C40H51N7O10S2. The summed E-state index contributed by atoms with van der Waals surface area (Å²) in [5.41, 5.74) is 0.771. The van der Waals surface area contributed by atoms with Crippen LogP contribution in [-0.2, 0) is 46.2 Å². The van der Waals surface area contributed by atoms with Crippen molar-refractivity contribution in [1.82, 2.24) is 30.4 Å². The maximum Gasteiger partial charge on any atom is 0.317 e. The second kappa shape index (κ2) is 20.5. The number of benzene rings is 1. The first-order valence-corrected chi connectivity index (χ1v) is 21.6. The summed E-state index contributed by atoms with van der Waals surface area (Å²) < 4.78 is 23.6. The first kappa shape index (κ1) is 43.9. The number of carbonyl (C=O) groups is 6. The number of hydrogen-bond acceptors (Lipinski definition) is 15. The van der Waals surface area contributed by atoms with E-state index in [2.05, 4.69) is 46.7 Å².